The molecule has 1 aromatic heterocycles. The second-order valence-electron chi connectivity index (χ2n) is 5.06. The number of thioether (sulfide) groups is 1. The fourth-order valence-electron chi connectivity index (χ4n) is 2.01. The van der Waals surface area contributed by atoms with Gasteiger partial charge in [0.25, 0.3) is 5.22 Å². The first-order valence-corrected chi connectivity index (χ1v) is 8.39. The molecule has 0 aliphatic carbocycles. The first-order chi connectivity index (χ1) is 12.1. The topological polar surface area (TPSA) is 103 Å². The van der Waals surface area contributed by atoms with Crippen molar-refractivity contribution in [1.82, 2.24) is 10.2 Å². The van der Waals surface area contributed by atoms with E-state index in [4.69, 9.17) is 14.9 Å². The van der Waals surface area contributed by atoms with Crippen molar-refractivity contribution >= 4 is 29.0 Å². The van der Waals surface area contributed by atoms with Crippen molar-refractivity contribution in [2.75, 3.05) is 23.9 Å². The lowest BCUT2D eigenvalue weighted by Gasteiger charge is -2.05. The molecule has 0 saturated heterocycles. The van der Waals surface area contributed by atoms with Gasteiger partial charge in [0.05, 0.1) is 12.9 Å². The van der Waals surface area contributed by atoms with Gasteiger partial charge in [-0.2, -0.15) is 0 Å². The van der Waals surface area contributed by atoms with E-state index in [2.05, 4.69) is 15.5 Å². The highest BCUT2D eigenvalue weighted by molar-refractivity contribution is 7.99. The minimum absolute atomic E-state index is 0.162. The van der Waals surface area contributed by atoms with Crippen molar-refractivity contribution in [3.8, 4) is 17.2 Å². The maximum absolute atomic E-state index is 12.0. The molecule has 128 valence electrons. The van der Waals surface area contributed by atoms with Crippen LogP contribution in [-0.2, 0) is 4.79 Å². The molecule has 0 bridgehead atoms. The van der Waals surface area contributed by atoms with E-state index >= 15 is 0 Å². The normalized spacial score (nSPS) is 10.4. The Bertz CT molecular complexity index is 847. The van der Waals surface area contributed by atoms with Crippen molar-refractivity contribution in [3.05, 3.63) is 48.5 Å². The average Bonchev–Trinajstić information content (AvgIpc) is 3.10. The third-order valence-corrected chi connectivity index (χ3v) is 4.08. The number of methoxy groups -OCH3 is 1. The number of aromatic nitrogens is 2. The molecule has 0 radical (unpaired) electrons. The van der Waals surface area contributed by atoms with Gasteiger partial charge < -0.3 is 20.2 Å². The number of nitrogen functional groups attached to an aromatic ring is 1. The Balaban J connectivity index is 1.54. The molecule has 3 N–H and O–H groups in total. The minimum Gasteiger partial charge on any atom is -0.497 e. The van der Waals surface area contributed by atoms with Crippen LogP contribution < -0.4 is 15.8 Å². The molecule has 7 nitrogen and oxygen atoms in total. The molecule has 0 fully saturated rings. The Morgan fingerprint density at radius 3 is 2.56 bits per heavy atom. The molecule has 1 amide bonds. The number of hydrogen-bond donors (Lipinski definition) is 2. The van der Waals surface area contributed by atoms with Gasteiger partial charge in [-0.1, -0.05) is 11.8 Å². The van der Waals surface area contributed by atoms with Crippen LogP contribution in [0.15, 0.2) is 58.2 Å². The SMILES string of the molecule is COc1ccc(NC(=O)CSc2nnc(-c3ccc(N)cc3)o2)cc1. The maximum atomic E-state index is 12.0. The summed E-state index contributed by atoms with van der Waals surface area (Å²) < 4.78 is 10.6. The Hall–Kier alpha value is -3.00. The van der Waals surface area contributed by atoms with Crippen LogP contribution in [0.4, 0.5) is 11.4 Å². The van der Waals surface area contributed by atoms with Gasteiger partial charge in [-0.25, -0.2) is 0 Å². The summed E-state index contributed by atoms with van der Waals surface area (Å²) in [6.45, 7) is 0. The number of rotatable bonds is 6. The highest BCUT2D eigenvalue weighted by Crippen LogP contribution is 2.24. The maximum Gasteiger partial charge on any atom is 0.277 e. The van der Waals surface area contributed by atoms with E-state index in [1.807, 2.05) is 0 Å². The van der Waals surface area contributed by atoms with Gasteiger partial charge in [0.15, 0.2) is 0 Å². The summed E-state index contributed by atoms with van der Waals surface area (Å²) in [6.07, 6.45) is 0. The number of anilines is 2. The molecule has 0 spiro atoms. The second kappa shape index (κ2) is 7.71. The summed E-state index contributed by atoms with van der Waals surface area (Å²) in [5, 5.41) is 11.0. The third kappa shape index (κ3) is 4.51. The number of amides is 1. The summed E-state index contributed by atoms with van der Waals surface area (Å²) in [7, 11) is 1.59. The molecule has 0 aliphatic heterocycles. The Kier molecular flexibility index (Phi) is 5.20. The number of ether oxygens (including phenoxy) is 1. The van der Waals surface area contributed by atoms with E-state index in [1.54, 1.807) is 55.6 Å². The highest BCUT2D eigenvalue weighted by atomic mass is 32.2. The lowest BCUT2D eigenvalue weighted by atomic mass is 10.2. The Morgan fingerprint density at radius 1 is 1.16 bits per heavy atom. The lowest BCUT2D eigenvalue weighted by Crippen LogP contribution is -2.13. The van der Waals surface area contributed by atoms with Crippen molar-refractivity contribution in [2.45, 2.75) is 5.22 Å². The zero-order valence-electron chi connectivity index (χ0n) is 13.4. The van der Waals surface area contributed by atoms with E-state index in [1.165, 1.54) is 11.8 Å². The smallest absolute Gasteiger partial charge is 0.277 e. The van der Waals surface area contributed by atoms with Gasteiger partial charge in [0.2, 0.25) is 11.8 Å². The molecule has 0 atom stereocenters. The third-order valence-electron chi connectivity index (χ3n) is 3.26. The molecule has 1 heterocycles. The zero-order chi connectivity index (χ0) is 17.6. The molecule has 0 aliphatic rings. The van der Waals surface area contributed by atoms with Gasteiger partial charge in [-0.05, 0) is 48.5 Å². The number of nitrogens with zero attached hydrogens (tertiary/aromatic N) is 2. The summed E-state index contributed by atoms with van der Waals surface area (Å²) >= 11 is 1.17. The van der Waals surface area contributed by atoms with E-state index in [0.29, 0.717) is 22.5 Å². The molecular formula is C17H16N4O3S. The molecule has 2 aromatic carbocycles. The minimum atomic E-state index is -0.164. The number of nitrogens with one attached hydrogen (secondary N) is 1. The molecule has 3 rings (SSSR count). The van der Waals surface area contributed by atoms with Crippen LogP contribution in [-0.4, -0.2) is 29.0 Å². The predicted octanol–water partition coefficient (Wildman–Crippen LogP) is 3.06. The molecule has 3 aromatic rings. The van der Waals surface area contributed by atoms with Gasteiger partial charge in [0.1, 0.15) is 5.75 Å². The molecule has 0 saturated carbocycles. The summed E-state index contributed by atoms with van der Waals surface area (Å²) in [5.74, 6) is 1.11. The average molecular weight is 356 g/mol. The second-order valence-corrected chi connectivity index (χ2v) is 5.99. The van der Waals surface area contributed by atoms with Crippen LogP contribution >= 0.6 is 11.8 Å². The highest BCUT2D eigenvalue weighted by Gasteiger charge is 2.11. The van der Waals surface area contributed by atoms with Gasteiger partial charge in [0, 0.05) is 16.9 Å². The van der Waals surface area contributed by atoms with Crippen LogP contribution in [0.25, 0.3) is 11.5 Å². The number of nitrogens with two attached hydrogens (primary N) is 1. The number of benzene rings is 2. The van der Waals surface area contributed by atoms with E-state index in [9.17, 15) is 4.79 Å². The van der Waals surface area contributed by atoms with Gasteiger partial charge in [-0.15, -0.1) is 10.2 Å². The van der Waals surface area contributed by atoms with Crippen LogP contribution in [0.2, 0.25) is 0 Å². The Morgan fingerprint density at radius 2 is 1.88 bits per heavy atom. The fourth-order valence-corrected chi connectivity index (χ4v) is 2.57. The molecule has 25 heavy (non-hydrogen) atoms. The zero-order valence-corrected chi connectivity index (χ0v) is 14.2. The van der Waals surface area contributed by atoms with Crippen LogP contribution in [0.3, 0.4) is 0 Å². The van der Waals surface area contributed by atoms with Gasteiger partial charge >= 0.3 is 0 Å². The van der Waals surface area contributed by atoms with Crippen molar-refractivity contribution in [3.63, 3.8) is 0 Å². The standard InChI is InChI=1S/C17H16N4O3S/c1-23-14-8-6-13(7-9-14)19-15(22)10-25-17-21-20-16(24-17)11-2-4-12(18)5-3-11/h2-9H,10,18H2,1H3,(H,19,22). The first kappa shape index (κ1) is 16.8. The van der Waals surface area contributed by atoms with Crippen molar-refractivity contribution in [2.24, 2.45) is 0 Å². The fraction of sp³-hybridized carbons (Fsp3) is 0.118. The summed E-state index contributed by atoms with van der Waals surface area (Å²) in [6, 6.07) is 14.2. The number of carbonyl (C=O) groups is 1. The van der Waals surface area contributed by atoms with E-state index in [-0.39, 0.29) is 11.7 Å². The molecule has 0 unspecified atom stereocenters. The van der Waals surface area contributed by atoms with Crippen molar-refractivity contribution < 1.29 is 13.9 Å². The number of hydrogen-bond acceptors (Lipinski definition) is 7. The van der Waals surface area contributed by atoms with Crippen molar-refractivity contribution in [1.29, 1.82) is 0 Å². The monoisotopic (exact) mass is 356 g/mol. The molecule has 8 heteroatoms. The predicted molar refractivity (Wildman–Crippen MR) is 96.5 cm³/mol. The number of carbonyl (C=O) groups excluding carboxylic acids is 1. The first-order valence-electron chi connectivity index (χ1n) is 7.40. The lowest BCUT2D eigenvalue weighted by molar-refractivity contribution is -0.113. The summed E-state index contributed by atoms with van der Waals surface area (Å²) in [4.78, 5) is 12.0. The largest absolute Gasteiger partial charge is 0.497 e. The van der Waals surface area contributed by atoms with Gasteiger partial charge in [-0.3, -0.25) is 4.79 Å². The van der Waals surface area contributed by atoms with Crippen LogP contribution in [0.1, 0.15) is 0 Å². The van der Waals surface area contributed by atoms with E-state index in [0.717, 1.165) is 11.3 Å². The quantitative estimate of drug-likeness (QED) is 0.517. The molecular weight excluding hydrogens is 340 g/mol. The van der Waals surface area contributed by atoms with Crippen LogP contribution in [0.5, 0.6) is 5.75 Å². The Labute approximate surface area is 148 Å². The van der Waals surface area contributed by atoms with E-state index < -0.39 is 0 Å². The van der Waals surface area contributed by atoms with Crippen LogP contribution in [0, 0.1) is 0 Å². The summed E-state index contributed by atoms with van der Waals surface area (Å²) in [5.41, 5.74) is 7.78.